The zero-order chi connectivity index (χ0) is 15.4. The van der Waals surface area contributed by atoms with Gasteiger partial charge in [0.05, 0.1) is 5.69 Å². The Bertz CT molecular complexity index is 1020. The van der Waals surface area contributed by atoms with Gasteiger partial charge in [0.1, 0.15) is 5.75 Å². The van der Waals surface area contributed by atoms with E-state index in [4.69, 9.17) is 4.74 Å². The summed E-state index contributed by atoms with van der Waals surface area (Å²) in [7, 11) is 0. The van der Waals surface area contributed by atoms with E-state index in [9.17, 15) is 4.79 Å². The molecule has 23 heavy (non-hydrogen) atoms. The topological polar surface area (TPSA) is 41.9 Å². The second-order valence-electron chi connectivity index (χ2n) is 5.72. The standard InChI is InChI=1S/C19H12N2O2/c22-12-13-11-20-16-5-6-17-15(18(13)16)10-14-4-3-9-21-8-2-1-7-19(14,21)23-17/h1-12H. The number of aldehydes is 1. The van der Waals surface area contributed by atoms with E-state index in [0.29, 0.717) is 5.57 Å². The Kier molecular flexibility index (Phi) is 2.26. The normalized spacial score (nSPS) is 25.0. The highest BCUT2D eigenvalue weighted by atomic mass is 16.5. The fourth-order valence-corrected chi connectivity index (χ4v) is 3.44. The predicted molar refractivity (Wildman–Crippen MR) is 88.5 cm³/mol. The first-order valence-electron chi connectivity index (χ1n) is 7.43. The molecule has 0 saturated heterocycles. The minimum absolute atomic E-state index is 0.593. The van der Waals surface area contributed by atoms with Crippen LogP contribution < -0.4 is 15.2 Å². The monoisotopic (exact) mass is 300 g/mol. The van der Waals surface area contributed by atoms with Crippen LogP contribution in [0.3, 0.4) is 0 Å². The van der Waals surface area contributed by atoms with Crippen LogP contribution in [0.5, 0.6) is 5.75 Å². The van der Waals surface area contributed by atoms with Crippen molar-refractivity contribution in [3.05, 3.63) is 70.9 Å². The van der Waals surface area contributed by atoms with Crippen LogP contribution in [0.25, 0.3) is 11.6 Å². The smallest absolute Gasteiger partial charge is 0.232 e. The van der Waals surface area contributed by atoms with Crippen molar-refractivity contribution < 1.29 is 9.53 Å². The van der Waals surface area contributed by atoms with Crippen LogP contribution in [0.1, 0.15) is 0 Å². The Balaban J connectivity index is 1.84. The molecular weight excluding hydrogens is 288 g/mol. The maximum absolute atomic E-state index is 11.3. The molecule has 0 radical (unpaired) electrons. The van der Waals surface area contributed by atoms with Gasteiger partial charge in [-0.2, -0.15) is 0 Å². The number of rotatable bonds is 1. The van der Waals surface area contributed by atoms with Crippen LogP contribution in [0, 0.1) is 0 Å². The van der Waals surface area contributed by atoms with Crippen LogP contribution in [0.15, 0.2) is 65.5 Å². The predicted octanol–water partition coefficient (Wildman–Crippen LogP) is 1.46. The van der Waals surface area contributed by atoms with Gasteiger partial charge in [0, 0.05) is 40.2 Å². The Morgan fingerprint density at radius 3 is 3.00 bits per heavy atom. The van der Waals surface area contributed by atoms with Crippen molar-refractivity contribution in [1.29, 1.82) is 0 Å². The summed E-state index contributed by atoms with van der Waals surface area (Å²) >= 11 is 0. The molecule has 0 amide bonds. The lowest BCUT2D eigenvalue weighted by molar-refractivity contribution is -0.103. The van der Waals surface area contributed by atoms with Crippen molar-refractivity contribution in [2.75, 3.05) is 0 Å². The zero-order valence-corrected chi connectivity index (χ0v) is 12.1. The molecular formula is C19H12N2O2. The molecule has 0 N–H and O–H groups in total. The minimum Gasteiger partial charge on any atom is -0.459 e. The Labute approximate surface area is 132 Å². The van der Waals surface area contributed by atoms with E-state index >= 15 is 0 Å². The molecule has 0 fully saturated rings. The molecule has 1 spiro atoms. The molecule has 1 atom stereocenters. The number of benzene rings is 1. The molecule has 0 saturated carbocycles. The van der Waals surface area contributed by atoms with Crippen molar-refractivity contribution in [3.8, 4) is 5.75 Å². The van der Waals surface area contributed by atoms with Crippen molar-refractivity contribution in [3.63, 3.8) is 0 Å². The molecule has 1 aromatic carbocycles. The number of hydrogen-bond donors (Lipinski definition) is 0. The van der Waals surface area contributed by atoms with Gasteiger partial charge in [-0.1, -0.05) is 12.2 Å². The van der Waals surface area contributed by atoms with Crippen molar-refractivity contribution in [2.24, 2.45) is 4.99 Å². The number of aliphatic imine (C=N–C) groups is 1. The Morgan fingerprint density at radius 2 is 2.09 bits per heavy atom. The van der Waals surface area contributed by atoms with Gasteiger partial charge in [-0.15, -0.1) is 0 Å². The van der Waals surface area contributed by atoms with E-state index in [1.54, 1.807) is 6.21 Å². The summed E-state index contributed by atoms with van der Waals surface area (Å²) in [5.74, 6) is 0.756. The van der Waals surface area contributed by atoms with Gasteiger partial charge in [0.15, 0.2) is 6.29 Å². The SMILES string of the molecule is O=CC1=c2c(ccc3c2=CC2=CC=CN4C=CC=CC24O3)N=C1. The van der Waals surface area contributed by atoms with Crippen molar-refractivity contribution >= 4 is 29.8 Å². The fraction of sp³-hybridized carbons (Fsp3) is 0.0526. The number of allylic oxidation sites excluding steroid dienone is 4. The average molecular weight is 300 g/mol. The van der Waals surface area contributed by atoms with Crippen LogP contribution in [0.2, 0.25) is 0 Å². The lowest BCUT2D eigenvalue weighted by atomic mass is 9.91. The van der Waals surface area contributed by atoms with Crippen LogP contribution in [-0.4, -0.2) is 23.1 Å². The molecule has 0 bridgehead atoms. The second kappa shape index (κ2) is 4.20. The van der Waals surface area contributed by atoms with E-state index in [1.165, 1.54) is 0 Å². The number of hydrogen-bond acceptors (Lipinski definition) is 4. The molecule has 4 heterocycles. The first kappa shape index (κ1) is 12.4. The van der Waals surface area contributed by atoms with Crippen molar-refractivity contribution in [2.45, 2.75) is 5.72 Å². The van der Waals surface area contributed by atoms with Gasteiger partial charge < -0.3 is 9.64 Å². The fourth-order valence-electron chi connectivity index (χ4n) is 3.44. The van der Waals surface area contributed by atoms with Crippen LogP contribution in [-0.2, 0) is 4.79 Å². The number of nitrogens with zero attached hydrogens (tertiary/aromatic N) is 2. The minimum atomic E-state index is -0.647. The van der Waals surface area contributed by atoms with Gasteiger partial charge >= 0.3 is 0 Å². The Hall–Kier alpha value is -3.14. The third kappa shape index (κ3) is 1.50. The molecule has 110 valence electrons. The first-order valence-corrected chi connectivity index (χ1v) is 7.43. The summed E-state index contributed by atoms with van der Waals surface area (Å²) in [6.07, 6.45) is 18.6. The van der Waals surface area contributed by atoms with E-state index in [1.807, 2.05) is 59.8 Å². The average Bonchev–Trinajstić information content (AvgIpc) is 3.02. The highest BCUT2D eigenvalue weighted by Crippen LogP contribution is 2.37. The van der Waals surface area contributed by atoms with Gasteiger partial charge in [0.2, 0.25) is 5.72 Å². The van der Waals surface area contributed by atoms with Crippen LogP contribution in [0.4, 0.5) is 5.69 Å². The van der Waals surface area contributed by atoms with Gasteiger partial charge in [-0.3, -0.25) is 9.79 Å². The lowest BCUT2D eigenvalue weighted by Gasteiger charge is -2.44. The zero-order valence-electron chi connectivity index (χ0n) is 12.1. The molecule has 5 rings (SSSR count). The maximum Gasteiger partial charge on any atom is 0.232 e. The van der Waals surface area contributed by atoms with E-state index in [2.05, 4.69) is 11.1 Å². The largest absolute Gasteiger partial charge is 0.459 e. The highest BCUT2D eigenvalue weighted by molar-refractivity contribution is 6.28. The molecule has 1 unspecified atom stereocenters. The molecule has 0 aliphatic carbocycles. The number of ether oxygens (including phenoxy) is 1. The summed E-state index contributed by atoms with van der Waals surface area (Å²) in [4.78, 5) is 17.7. The molecule has 4 aliphatic heterocycles. The summed E-state index contributed by atoms with van der Waals surface area (Å²) in [5.41, 5.74) is 1.78. The number of carbonyl (C=O) groups is 1. The van der Waals surface area contributed by atoms with Crippen molar-refractivity contribution in [1.82, 2.24) is 4.90 Å². The summed E-state index contributed by atoms with van der Waals surface area (Å²) in [6.45, 7) is 0. The highest BCUT2D eigenvalue weighted by Gasteiger charge is 2.42. The second-order valence-corrected chi connectivity index (χ2v) is 5.72. The maximum atomic E-state index is 11.3. The van der Waals surface area contributed by atoms with E-state index in [-0.39, 0.29) is 0 Å². The van der Waals surface area contributed by atoms with E-state index < -0.39 is 5.72 Å². The van der Waals surface area contributed by atoms with Gasteiger partial charge in [-0.25, -0.2) is 0 Å². The molecule has 0 aromatic heterocycles. The lowest BCUT2D eigenvalue weighted by Crippen LogP contribution is -2.53. The van der Waals surface area contributed by atoms with Gasteiger partial charge in [0.25, 0.3) is 0 Å². The number of fused-ring (bicyclic) bond motifs is 3. The molecule has 4 aliphatic rings. The third-order valence-electron chi connectivity index (χ3n) is 4.51. The molecule has 1 aromatic rings. The quantitative estimate of drug-likeness (QED) is 0.737. The third-order valence-corrected chi connectivity index (χ3v) is 4.51. The Morgan fingerprint density at radius 1 is 1.17 bits per heavy atom. The number of carbonyl (C=O) groups excluding carboxylic acids is 1. The van der Waals surface area contributed by atoms with Crippen LogP contribution >= 0.6 is 0 Å². The summed E-state index contributed by atoms with van der Waals surface area (Å²) in [6, 6.07) is 3.82. The summed E-state index contributed by atoms with van der Waals surface area (Å²) in [5, 5.41) is 1.77. The van der Waals surface area contributed by atoms with Gasteiger partial charge in [-0.05, 0) is 36.4 Å². The molecule has 4 nitrogen and oxygen atoms in total. The van der Waals surface area contributed by atoms with E-state index in [0.717, 1.165) is 33.7 Å². The summed E-state index contributed by atoms with van der Waals surface area (Å²) < 4.78 is 6.40. The first-order chi connectivity index (χ1) is 11.3. The molecule has 4 heteroatoms.